The lowest BCUT2D eigenvalue weighted by molar-refractivity contribution is -0.157. The molecule has 0 aromatic heterocycles. The first kappa shape index (κ1) is 40.2. The lowest BCUT2D eigenvalue weighted by Crippen LogP contribution is -2.58. The third kappa shape index (κ3) is 10.5. The molecule has 280 valence electrons. The van der Waals surface area contributed by atoms with Crippen LogP contribution in [-0.4, -0.2) is 61.1 Å². The third-order valence-electron chi connectivity index (χ3n) is 9.77. The number of carbonyl (C=O) groups excluding carboxylic acids is 4. The first-order valence-corrected chi connectivity index (χ1v) is 17.9. The number of halogens is 1. The Hall–Kier alpha value is -4.58. The van der Waals surface area contributed by atoms with Crippen molar-refractivity contribution in [3.05, 3.63) is 86.8 Å². The van der Waals surface area contributed by atoms with Crippen LogP contribution in [0.15, 0.2) is 59.7 Å². The van der Waals surface area contributed by atoms with Crippen LogP contribution in [0.1, 0.15) is 77.2 Å². The van der Waals surface area contributed by atoms with Gasteiger partial charge in [-0.2, -0.15) is 0 Å². The van der Waals surface area contributed by atoms with Gasteiger partial charge in [-0.15, -0.1) is 0 Å². The maximum atomic E-state index is 13.8. The zero-order valence-electron chi connectivity index (χ0n) is 30.7. The van der Waals surface area contributed by atoms with Gasteiger partial charge in [0.2, 0.25) is 17.7 Å². The zero-order valence-corrected chi connectivity index (χ0v) is 31.5. The zero-order chi connectivity index (χ0) is 38.2. The second-order valence-electron chi connectivity index (χ2n) is 14.5. The van der Waals surface area contributed by atoms with Crippen LogP contribution in [0.5, 0.6) is 5.75 Å². The normalized spacial score (nSPS) is 26.6. The Morgan fingerprint density at radius 2 is 1.71 bits per heavy atom. The van der Waals surface area contributed by atoms with Crippen molar-refractivity contribution in [3.8, 4) is 5.75 Å². The molecule has 13 nitrogen and oxygen atoms in total. The molecule has 3 N–H and O–H groups in total. The van der Waals surface area contributed by atoms with Gasteiger partial charge in [-0.3, -0.25) is 14.4 Å². The Morgan fingerprint density at radius 3 is 2.35 bits per heavy atom. The average molecular weight is 737 g/mol. The van der Waals surface area contributed by atoms with Crippen molar-refractivity contribution in [3.63, 3.8) is 0 Å². The van der Waals surface area contributed by atoms with Crippen LogP contribution in [-0.2, 0) is 41.6 Å². The highest BCUT2D eigenvalue weighted by Gasteiger charge is 2.48. The summed E-state index contributed by atoms with van der Waals surface area (Å²) in [7, 11) is 1.50. The van der Waals surface area contributed by atoms with E-state index in [1.54, 1.807) is 45.0 Å². The smallest absolute Gasteiger partial charge is 0.328 e. The molecule has 52 heavy (non-hydrogen) atoms. The summed E-state index contributed by atoms with van der Waals surface area (Å²) >= 11 is 6.36. The molecule has 2 aromatic carbocycles. The standard InChI is InChI=1S/C38H49ClN6O7/c1-21(2)17-29-36(48)51-30(22(3)33-34(52-33)26-14-11-24(12-15-26)20-41-45-40)9-8-10-32(46)43-28(19-25-13-16-31(50-7)27(39)18-25)35(47)42-23(4)38(5,6)37(49)44-29/h8,10-16,18,21-23,28-30,33-34H,9,17,19-20H2,1-7H3,(H,42,47)(H,43,46)(H,44,49)/b10-8-/t22-,23?,28+,29-,30-,33?,34?/m0/s1. The second kappa shape index (κ2) is 17.8. The number of amides is 3. The SMILES string of the molecule is COc1ccc(C[C@H]2NC(=O)/C=C\C[C@@H]([C@H](C)C3OC3c3ccc(CN=[N+]=[N-])cc3)OC(=O)[C@H](CC(C)C)NC(=O)C(C)(C)C(C)NC2=O)cc1Cl. The van der Waals surface area contributed by atoms with Crippen LogP contribution in [0.25, 0.3) is 10.4 Å². The Kier molecular flexibility index (Phi) is 13.7. The van der Waals surface area contributed by atoms with E-state index in [1.807, 2.05) is 45.0 Å². The van der Waals surface area contributed by atoms with E-state index in [0.29, 0.717) is 22.8 Å². The summed E-state index contributed by atoms with van der Waals surface area (Å²) < 4.78 is 17.5. The lowest BCUT2D eigenvalue weighted by Gasteiger charge is -2.34. The molecule has 2 aliphatic rings. The molecule has 2 aliphatic heterocycles. The number of epoxide rings is 1. The van der Waals surface area contributed by atoms with E-state index in [4.69, 9.17) is 31.3 Å². The molecule has 0 saturated carbocycles. The number of cyclic esters (lactones) is 1. The van der Waals surface area contributed by atoms with Gasteiger partial charge in [0, 0.05) is 29.7 Å². The topological polar surface area (TPSA) is 184 Å². The minimum atomic E-state index is -1.15. The predicted octanol–water partition coefficient (Wildman–Crippen LogP) is 5.90. The Bertz CT molecular complexity index is 1690. The van der Waals surface area contributed by atoms with Crippen LogP contribution in [0, 0.1) is 17.3 Å². The van der Waals surface area contributed by atoms with Gasteiger partial charge < -0.3 is 30.2 Å². The maximum absolute atomic E-state index is 13.8. The summed E-state index contributed by atoms with van der Waals surface area (Å²) in [4.78, 5) is 57.4. The first-order chi connectivity index (χ1) is 24.6. The molecule has 2 heterocycles. The van der Waals surface area contributed by atoms with Crippen LogP contribution in [0.4, 0.5) is 0 Å². The molecule has 0 bridgehead atoms. The van der Waals surface area contributed by atoms with Crippen LogP contribution in [0.3, 0.4) is 0 Å². The van der Waals surface area contributed by atoms with Gasteiger partial charge in [0.05, 0.1) is 30.2 Å². The Morgan fingerprint density at radius 1 is 1.02 bits per heavy atom. The number of esters is 1. The summed E-state index contributed by atoms with van der Waals surface area (Å²) in [5.74, 6) is -1.80. The molecule has 14 heteroatoms. The maximum Gasteiger partial charge on any atom is 0.328 e. The molecule has 3 unspecified atom stereocenters. The third-order valence-corrected chi connectivity index (χ3v) is 10.1. The number of azide groups is 1. The van der Waals surface area contributed by atoms with E-state index in [-0.39, 0.29) is 43.4 Å². The van der Waals surface area contributed by atoms with Crippen LogP contribution >= 0.6 is 11.6 Å². The number of hydrogen-bond acceptors (Lipinski definition) is 8. The largest absolute Gasteiger partial charge is 0.495 e. The van der Waals surface area contributed by atoms with Crippen molar-refractivity contribution >= 4 is 35.3 Å². The summed E-state index contributed by atoms with van der Waals surface area (Å²) in [5, 5.41) is 12.6. The van der Waals surface area contributed by atoms with E-state index in [0.717, 1.165) is 11.1 Å². The van der Waals surface area contributed by atoms with Gasteiger partial charge in [-0.05, 0) is 73.5 Å². The highest BCUT2D eigenvalue weighted by Crippen LogP contribution is 2.45. The van der Waals surface area contributed by atoms with E-state index < -0.39 is 53.3 Å². The van der Waals surface area contributed by atoms with Crippen molar-refractivity contribution in [2.24, 2.45) is 22.4 Å². The number of methoxy groups -OCH3 is 1. The molecular weight excluding hydrogens is 688 g/mol. The van der Waals surface area contributed by atoms with Gasteiger partial charge in [0.25, 0.3) is 0 Å². The Balaban J connectivity index is 1.62. The number of nitrogens with zero attached hydrogens (tertiary/aromatic N) is 3. The van der Waals surface area contributed by atoms with Crippen molar-refractivity contribution in [1.29, 1.82) is 0 Å². The lowest BCUT2D eigenvalue weighted by atomic mass is 9.83. The van der Waals surface area contributed by atoms with E-state index >= 15 is 0 Å². The number of nitrogens with one attached hydrogen (secondary N) is 3. The van der Waals surface area contributed by atoms with E-state index in [1.165, 1.54) is 13.2 Å². The van der Waals surface area contributed by atoms with Crippen LogP contribution in [0.2, 0.25) is 5.02 Å². The molecular formula is C38H49ClN6O7. The highest BCUT2D eigenvalue weighted by molar-refractivity contribution is 6.32. The number of ether oxygens (including phenoxy) is 3. The first-order valence-electron chi connectivity index (χ1n) is 17.5. The highest BCUT2D eigenvalue weighted by atomic mass is 35.5. The molecule has 0 radical (unpaired) electrons. The summed E-state index contributed by atoms with van der Waals surface area (Å²) in [6.07, 6.45) is 2.34. The van der Waals surface area contributed by atoms with Gasteiger partial charge in [0.15, 0.2) is 0 Å². The number of rotatable bonds is 10. The molecule has 7 atom stereocenters. The molecule has 1 saturated heterocycles. The average Bonchev–Trinajstić information content (AvgIpc) is 3.90. The minimum Gasteiger partial charge on any atom is -0.495 e. The van der Waals surface area contributed by atoms with Gasteiger partial charge in [-0.25, -0.2) is 4.79 Å². The fourth-order valence-corrected chi connectivity index (χ4v) is 6.34. The number of benzene rings is 2. The fraction of sp³-hybridized carbons (Fsp3) is 0.526. The number of hydrogen-bond donors (Lipinski definition) is 3. The Labute approximate surface area is 309 Å². The van der Waals surface area contributed by atoms with Crippen LogP contribution < -0.4 is 20.7 Å². The van der Waals surface area contributed by atoms with Crippen molar-refractivity contribution in [1.82, 2.24) is 16.0 Å². The molecule has 0 aliphatic carbocycles. The quantitative estimate of drug-likeness (QED) is 0.0892. The summed E-state index contributed by atoms with van der Waals surface area (Å²) in [6.45, 7) is 11.1. The fourth-order valence-electron chi connectivity index (χ4n) is 6.06. The molecule has 1 fully saturated rings. The number of carbonyl (C=O) groups is 4. The summed E-state index contributed by atoms with van der Waals surface area (Å²) in [6, 6.07) is 10.1. The van der Waals surface area contributed by atoms with E-state index in [9.17, 15) is 19.2 Å². The van der Waals surface area contributed by atoms with E-state index in [2.05, 4.69) is 26.0 Å². The molecule has 2 aromatic rings. The molecule has 4 rings (SSSR count). The van der Waals surface area contributed by atoms with Gasteiger partial charge in [0.1, 0.15) is 30.0 Å². The molecule has 3 amide bonds. The molecule has 0 spiro atoms. The summed E-state index contributed by atoms with van der Waals surface area (Å²) in [5.41, 5.74) is 9.95. The van der Waals surface area contributed by atoms with Gasteiger partial charge >= 0.3 is 5.97 Å². The predicted molar refractivity (Wildman–Crippen MR) is 196 cm³/mol. The minimum absolute atomic E-state index is 0.0494. The monoisotopic (exact) mass is 736 g/mol. The van der Waals surface area contributed by atoms with Gasteiger partial charge in [-0.1, -0.05) is 73.9 Å². The van der Waals surface area contributed by atoms with Crippen molar-refractivity contribution in [2.45, 2.75) is 104 Å². The second-order valence-corrected chi connectivity index (χ2v) is 14.9. The van der Waals surface area contributed by atoms with Crippen molar-refractivity contribution in [2.75, 3.05) is 7.11 Å². The van der Waals surface area contributed by atoms with Crippen molar-refractivity contribution < 1.29 is 33.4 Å².